The molecule has 0 atom stereocenters. The second-order valence-corrected chi connectivity index (χ2v) is 4.76. The van der Waals surface area contributed by atoms with Crippen molar-refractivity contribution in [1.29, 1.82) is 0 Å². The van der Waals surface area contributed by atoms with Crippen LogP contribution in [0.15, 0.2) is 6.07 Å². The zero-order chi connectivity index (χ0) is 14.9. The second-order valence-electron chi connectivity index (χ2n) is 4.76. The molecule has 2 rings (SSSR count). The molecule has 0 spiro atoms. The van der Waals surface area contributed by atoms with Gasteiger partial charge in [0.1, 0.15) is 0 Å². The Bertz CT molecular complexity index is 641. The number of hydrogen-bond donors (Lipinski definition) is 0. The summed E-state index contributed by atoms with van der Waals surface area (Å²) < 4.78 is 6.38. The molecule has 6 nitrogen and oxygen atoms in total. The topological polar surface area (TPSA) is 69.9 Å². The largest absolute Gasteiger partial charge is 0.469 e. The molecule has 20 heavy (non-hydrogen) atoms. The highest BCUT2D eigenvalue weighted by Crippen LogP contribution is 2.17. The van der Waals surface area contributed by atoms with Crippen molar-refractivity contribution in [2.45, 2.75) is 34.1 Å². The summed E-state index contributed by atoms with van der Waals surface area (Å²) in [5.41, 5.74) is 4.28. The molecule has 2 aromatic rings. The number of methoxy groups -OCH3 is 1. The van der Waals surface area contributed by atoms with Crippen molar-refractivity contribution in [1.82, 2.24) is 19.7 Å². The van der Waals surface area contributed by atoms with E-state index in [2.05, 4.69) is 15.1 Å². The highest BCUT2D eigenvalue weighted by atomic mass is 16.5. The highest BCUT2D eigenvalue weighted by molar-refractivity contribution is 5.73. The SMILES string of the molecule is COC(=O)Cc1c(C)nn(-c2nc(C)cc(C)n2)c1C. The fourth-order valence-corrected chi connectivity index (χ4v) is 2.14. The minimum absolute atomic E-state index is 0.207. The Kier molecular flexibility index (Phi) is 3.83. The smallest absolute Gasteiger partial charge is 0.310 e. The van der Waals surface area contributed by atoms with E-state index >= 15 is 0 Å². The molecule has 0 bridgehead atoms. The minimum atomic E-state index is -0.280. The monoisotopic (exact) mass is 274 g/mol. The number of aromatic nitrogens is 4. The lowest BCUT2D eigenvalue weighted by Gasteiger charge is -2.05. The van der Waals surface area contributed by atoms with Crippen LogP contribution in [0.2, 0.25) is 0 Å². The molecule has 2 heterocycles. The van der Waals surface area contributed by atoms with Gasteiger partial charge in [-0.25, -0.2) is 14.6 Å². The number of nitrogens with zero attached hydrogens (tertiary/aromatic N) is 4. The van der Waals surface area contributed by atoms with E-state index in [0.29, 0.717) is 5.95 Å². The number of aryl methyl sites for hydroxylation is 3. The summed E-state index contributed by atoms with van der Waals surface area (Å²) in [7, 11) is 1.38. The first kappa shape index (κ1) is 14.2. The average Bonchev–Trinajstić information content (AvgIpc) is 2.65. The van der Waals surface area contributed by atoms with Gasteiger partial charge in [0, 0.05) is 22.6 Å². The van der Waals surface area contributed by atoms with Gasteiger partial charge in [0.05, 0.1) is 19.2 Å². The van der Waals surface area contributed by atoms with E-state index in [1.165, 1.54) is 7.11 Å². The van der Waals surface area contributed by atoms with Crippen LogP contribution in [0.5, 0.6) is 0 Å². The predicted octanol–water partition coefficient (Wildman–Crippen LogP) is 1.61. The van der Waals surface area contributed by atoms with Gasteiger partial charge in [-0.05, 0) is 33.8 Å². The minimum Gasteiger partial charge on any atom is -0.469 e. The lowest BCUT2D eigenvalue weighted by molar-refractivity contribution is -0.139. The molecule has 0 fully saturated rings. The van der Waals surface area contributed by atoms with Crippen LogP contribution in [-0.2, 0) is 16.0 Å². The first-order valence-corrected chi connectivity index (χ1v) is 6.37. The van der Waals surface area contributed by atoms with Crippen LogP contribution < -0.4 is 0 Å². The maximum atomic E-state index is 11.4. The molecular weight excluding hydrogens is 256 g/mol. The summed E-state index contributed by atoms with van der Waals surface area (Å²) in [6.45, 7) is 7.60. The molecule has 106 valence electrons. The Balaban J connectivity index is 2.48. The number of ether oxygens (including phenoxy) is 1. The molecule has 0 N–H and O–H groups in total. The van der Waals surface area contributed by atoms with Gasteiger partial charge in [-0.1, -0.05) is 0 Å². The third-order valence-corrected chi connectivity index (χ3v) is 3.15. The van der Waals surface area contributed by atoms with Crippen molar-refractivity contribution in [3.63, 3.8) is 0 Å². The quantitative estimate of drug-likeness (QED) is 0.795. The van der Waals surface area contributed by atoms with Gasteiger partial charge < -0.3 is 4.74 Å². The first-order valence-electron chi connectivity index (χ1n) is 6.37. The van der Waals surface area contributed by atoms with Crippen LogP contribution in [0, 0.1) is 27.7 Å². The van der Waals surface area contributed by atoms with E-state index in [-0.39, 0.29) is 12.4 Å². The van der Waals surface area contributed by atoms with Gasteiger partial charge >= 0.3 is 5.97 Å². The molecule has 0 aliphatic rings. The zero-order valence-electron chi connectivity index (χ0n) is 12.4. The lowest BCUT2D eigenvalue weighted by atomic mass is 10.1. The van der Waals surface area contributed by atoms with Crippen LogP contribution >= 0.6 is 0 Å². The molecule has 0 aromatic carbocycles. The number of esters is 1. The van der Waals surface area contributed by atoms with E-state index < -0.39 is 0 Å². The summed E-state index contributed by atoms with van der Waals surface area (Å²) >= 11 is 0. The van der Waals surface area contributed by atoms with Crippen LogP contribution in [0.3, 0.4) is 0 Å². The van der Waals surface area contributed by atoms with Crippen molar-refractivity contribution in [3.05, 3.63) is 34.4 Å². The third-order valence-electron chi connectivity index (χ3n) is 3.15. The molecule has 0 saturated heterocycles. The lowest BCUT2D eigenvalue weighted by Crippen LogP contribution is -2.09. The Morgan fingerprint density at radius 3 is 2.35 bits per heavy atom. The molecule has 6 heteroatoms. The first-order chi connectivity index (χ1) is 9.42. The van der Waals surface area contributed by atoms with Gasteiger partial charge in [-0.3, -0.25) is 4.79 Å². The molecule has 0 amide bonds. The maximum absolute atomic E-state index is 11.4. The van der Waals surface area contributed by atoms with Crippen molar-refractivity contribution in [3.8, 4) is 5.95 Å². The van der Waals surface area contributed by atoms with Crippen LogP contribution in [0.1, 0.15) is 28.3 Å². The highest BCUT2D eigenvalue weighted by Gasteiger charge is 2.17. The number of hydrogen-bond acceptors (Lipinski definition) is 5. The summed E-state index contributed by atoms with van der Waals surface area (Å²) in [5, 5.41) is 4.43. The number of rotatable bonds is 3. The molecular formula is C14H18N4O2. The summed E-state index contributed by atoms with van der Waals surface area (Å²) in [5.74, 6) is 0.247. The molecule has 0 unspecified atom stereocenters. The van der Waals surface area contributed by atoms with Crippen molar-refractivity contribution in [2.24, 2.45) is 0 Å². The Labute approximate surface area is 117 Å². The normalized spacial score (nSPS) is 10.7. The second kappa shape index (κ2) is 5.40. The van der Waals surface area contributed by atoms with Gasteiger partial charge in [0.15, 0.2) is 0 Å². The Morgan fingerprint density at radius 1 is 1.20 bits per heavy atom. The van der Waals surface area contributed by atoms with E-state index in [4.69, 9.17) is 4.74 Å². The molecule has 0 saturated carbocycles. The number of carbonyl (C=O) groups excluding carboxylic acids is 1. The van der Waals surface area contributed by atoms with Crippen molar-refractivity contribution in [2.75, 3.05) is 7.11 Å². The van der Waals surface area contributed by atoms with E-state index in [1.807, 2.05) is 33.8 Å². The van der Waals surface area contributed by atoms with Crippen LogP contribution in [0.4, 0.5) is 0 Å². The van der Waals surface area contributed by atoms with Gasteiger partial charge in [-0.15, -0.1) is 0 Å². The fourth-order valence-electron chi connectivity index (χ4n) is 2.14. The fraction of sp³-hybridized carbons (Fsp3) is 0.429. The van der Waals surface area contributed by atoms with Crippen molar-refractivity contribution >= 4 is 5.97 Å². The van der Waals surface area contributed by atoms with Crippen molar-refractivity contribution < 1.29 is 9.53 Å². The molecule has 0 radical (unpaired) electrons. The molecule has 0 aliphatic heterocycles. The van der Waals surface area contributed by atoms with E-state index in [0.717, 1.165) is 28.3 Å². The maximum Gasteiger partial charge on any atom is 0.310 e. The Hall–Kier alpha value is -2.24. The zero-order valence-corrected chi connectivity index (χ0v) is 12.4. The Morgan fingerprint density at radius 2 is 1.80 bits per heavy atom. The van der Waals surface area contributed by atoms with Crippen LogP contribution in [0.25, 0.3) is 5.95 Å². The predicted molar refractivity (Wildman–Crippen MR) is 73.8 cm³/mol. The van der Waals surface area contributed by atoms with E-state index in [1.54, 1.807) is 4.68 Å². The summed E-state index contributed by atoms with van der Waals surface area (Å²) in [4.78, 5) is 20.2. The van der Waals surface area contributed by atoms with Gasteiger partial charge in [0.25, 0.3) is 5.95 Å². The molecule has 2 aromatic heterocycles. The van der Waals surface area contributed by atoms with Gasteiger partial charge in [-0.2, -0.15) is 5.10 Å². The molecule has 0 aliphatic carbocycles. The number of carbonyl (C=O) groups is 1. The third kappa shape index (κ3) is 2.68. The van der Waals surface area contributed by atoms with Crippen LogP contribution in [-0.4, -0.2) is 32.8 Å². The summed E-state index contributed by atoms with van der Waals surface area (Å²) in [6, 6.07) is 1.91. The standard InChI is InChI=1S/C14H18N4O2/c1-8-6-9(2)16-14(15-8)18-11(4)12(10(3)17-18)7-13(19)20-5/h6H,7H2,1-5H3. The van der Waals surface area contributed by atoms with Gasteiger partial charge in [0.2, 0.25) is 0 Å². The average molecular weight is 274 g/mol. The summed E-state index contributed by atoms with van der Waals surface area (Å²) in [6.07, 6.45) is 0.207. The van der Waals surface area contributed by atoms with E-state index in [9.17, 15) is 4.79 Å².